The van der Waals surface area contributed by atoms with Gasteiger partial charge in [0.05, 0.1) is 0 Å². The predicted molar refractivity (Wildman–Crippen MR) is 63.3 cm³/mol. The molecule has 0 heterocycles. The lowest BCUT2D eigenvalue weighted by Crippen LogP contribution is -2.32. The van der Waals surface area contributed by atoms with Gasteiger partial charge in [0.25, 0.3) is 0 Å². The zero-order valence-electron chi connectivity index (χ0n) is 10.4. The van der Waals surface area contributed by atoms with E-state index < -0.39 is 0 Å². The molecule has 1 N–H and O–H groups in total. The van der Waals surface area contributed by atoms with E-state index in [0.29, 0.717) is 16.9 Å². The highest BCUT2D eigenvalue weighted by Crippen LogP contribution is 2.69. The maximum absolute atomic E-state index is 3.85. The smallest absolute Gasteiger partial charge is 0.0140 e. The molecule has 82 valence electrons. The Morgan fingerprint density at radius 1 is 1.29 bits per heavy atom. The molecule has 1 aliphatic rings. The van der Waals surface area contributed by atoms with Crippen molar-refractivity contribution in [3.8, 4) is 0 Å². The van der Waals surface area contributed by atoms with E-state index in [2.05, 4.69) is 46.5 Å². The van der Waals surface area contributed by atoms with Crippen LogP contribution in [-0.2, 0) is 0 Å². The maximum Gasteiger partial charge on any atom is 0.0140 e. The van der Waals surface area contributed by atoms with E-state index in [9.17, 15) is 0 Å². The third kappa shape index (κ3) is 1.63. The third-order valence-corrected chi connectivity index (χ3v) is 4.42. The molecule has 0 aliphatic heterocycles. The van der Waals surface area contributed by atoms with Crippen molar-refractivity contribution in [2.24, 2.45) is 16.7 Å². The van der Waals surface area contributed by atoms with Crippen LogP contribution in [-0.4, -0.2) is 12.6 Å². The summed E-state index contributed by atoms with van der Waals surface area (Å²) in [4.78, 5) is 0. The SMILES string of the molecule is C=CCC(NCC)C1C(C)(C)C1(C)C. The molecule has 0 aromatic heterocycles. The molecule has 0 saturated heterocycles. The Balaban J connectivity index is 2.67. The van der Waals surface area contributed by atoms with Crippen LogP contribution in [0.15, 0.2) is 12.7 Å². The molecule has 1 heteroatoms. The van der Waals surface area contributed by atoms with Crippen molar-refractivity contribution in [2.45, 2.75) is 47.1 Å². The second-order valence-corrected chi connectivity index (χ2v) is 5.61. The van der Waals surface area contributed by atoms with Gasteiger partial charge >= 0.3 is 0 Å². The number of rotatable bonds is 5. The van der Waals surface area contributed by atoms with E-state index in [4.69, 9.17) is 0 Å². The van der Waals surface area contributed by atoms with E-state index in [-0.39, 0.29) is 0 Å². The Hall–Kier alpha value is -0.300. The highest BCUT2D eigenvalue weighted by molar-refractivity contribution is 5.16. The van der Waals surface area contributed by atoms with Crippen LogP contribution in [0.5, 0.6) is 0 Å². The van der Waals surface area contributed by atoms with Gasteiger partial charge in [-0.1, -0.05) is 40.7 Å². The number of hydrogen-bond donors (Lipinski definition) is 1. The molecule has 1 atom stereocenters. The molecule has 1 aliphatic carbocycles. The fraction of sp³-hybridized carbons (Fsp3) is 0.846. The second-order valence-electron chi connectivity index (χ2n) is 5.61. The van der Waals surface area contributed by atoms with Crippen LogP contribution in [0.3, 0.4) is 0 Å². The molecule has 1 unspecified atom stereocenters. The van der Waals surface area contributed by atoms with Crippen LogP contribution >= 0.6 is 0 Å². The van der Waals surface area contributed by atoms with Crippen LogP contribution < -0.4 is 5.32 Å². The Kier molecular flexibility index (Phi) is 3.10. The van der Waals surface area contributed by atoms with Gasteiger partial charge in [-0.2, -0.15) is 0 Å². The highest BCUT2D eigenvalue weighted by Gasteiger charge is 2.66. The predicted octanol–water partition coefficient (Wildman–Crippen LogP) is 3.22. The van der Waals surface area contributed by atoms with E-state index in [1.54, 1.807) is 0 Å². The Bertz CT molecular complexity index is 201. The summed E-state index contributed by atoms with van der Waals surface area (Å²) in [7, 11) is 0. The quantitative estimate of drug-likeness (QED) is 0.664. The fourth-order valence-electron chi connectivity index (χ4n) is 3.03. The Morgan fingerprint density at radius 3 is 2.07 bits per heavy atom. The standard InChI is InChI=1S/C13H25N/c1-7-9-10(14-8-2)11-12(3,4)13(11,5)6/h7,10-11,14H,1,8-9H2,2-6H3. The lowest BCUT2D eigenvalue weighted by Gasteiger charge is -2.18. The van der Waals surface area contributed by atoms with Crippen LogP contribution in [0.1, 0.15) is 41.0 Å². The first-order valence-electron chi connectivity index (χ1n) is 5.73. The first-order valence-corrected chi connectivity index (χ1v) is 5.73. The molecule has 1 saturated carbocycles. The van der Waals surface area contributed by atoms with Crippen molar-refractivity contribution in [3.63, 3.8) is 0 Å². The van der Waals surface area contributed by atoms with Gasteiger partial charge in [-0.25, -0.2) is 0 Å². The van der Waals surface area contributed by atoms with Crippen LogP contribution in [0.4, 0.5) is 0 Å². The van der Waals surface area contributed by atoms with Gasteiger partial charge in [0.2, 0.25) is 0 Å². The van der Waals surface area contributed by atoms with Crippen molar-refractivity contribution in [3.05, 3.63) is 12.7 Å². The van der Waals surface area contributed by atoms with Crippen molar-refractivity contribution < 1.29 is 0 Å². The molecular weight excluding hydrogens is 170 g/mol. The summed E-state index contributed by atoms with van der Waals surface area (Å²) in [6, 6.07) is 0.613. The molecule has 0 radical (unpaired) electrons. The summed E-state index contributed by atoms with van der Waals surface area (Å²) >= 11 is 0. The third-order valence-electron chi connectivity index (χ3n) is 4.42. The van der Waals surface area contributed by atoms with Gasteiger partial charge in [0, 0.05) is 6.04 Å². The van der Waals surface area contributed by atoms with Gasteiger partial charge < -0.3 is 5.32 Å². The Morgan fingerprint density at radius 2 is 1.79 bits per heavy atom. The van der Waals surface area contributed by atoms with Gasteiger partial charge in [0.1, 0.15) is 0 Å². The van der Waals surface area contributed by atoms with Gasteiger partial charge in [-0.05, 0) is 29.7 Å². The van der Waals surface area contributed by atoms with Crippen LogP contribution in [0, 0.1) is 16.7 Å². The van der Waals surface area contributed by atoms with Crippen molar-refractivity contribution in [2.75, 3.05) is 6.54 Å². The largest absolute Gasteiger partial charge is 0.314 e. The second kappa shape index (κ2) is 3.69. The minimum atomic E-state index is 0.475. The number of nitrogens with one attached hydrogen (secondary N) is 1. The van der Waals surface area contributed by atoms with Gasteiger partial charge in [-0.3, -0.25) is 0 Å². The van der Waals surface area contributed by atoms with E-state index in [1.807, 2.05) is 6.08 Å². The van der Waals surface area contributed by atoms with Crippen LogP contribution in [0.2, 0.25) is 0 Å². The monoisotopic (exact) mass is 195 g/mol. The molecule has 0 aromatic carbocycles. The molecule has 0 spiro atoms. The minimum Gasteiger partial charge on any atom is -0.314 e. The van der Waals surface area contributed by atoms with Crippen molar-refractivity contribution >= 4 is 0 Å². The highest BCUT2D eigenvalue weighted by atomic mass is 15.0. The molecule has 1 nitrogen and oxygen atoms in total. The summed E-state index contributed by atoms with van der Waals surface area (Å²) < 4.78 is 0. The van der Waals surface area contributed by atoms with E-state index in [1.165, 1.54) is 0 Å². The maximum atomic E-state index is 3.85. The molecule has 1 fully saturated rings. The van der Waals surface area contributed by atoms with Gasteiger partial charge in [-0.15, -0.1) is 6.58 Å². The first kappa shape index (κ1) is 11.8. The molecule has 1 rings (SSSR count). The topological polar surface area (TPSA) is 12.0 Å². The summed E-state index contributed by atoms with van der Waals surface area (Å²) in [5.41, 5.74) is 0.950. The van der Waals surface area contributed by atoms with Crippen molar-refractivity contribution in [1.82, 2.24) is 5.32 Å². The number of hydrogen-bond acceptors (Lipinski definition) is 1. The van der Waals surface area contributed by atoms with Crippen LogP contribution in [0.25, 0.3) is 0 Å². The normalized spacial score (nSPS) is 25.8. The summed E-state index contributed by atoms with van der Waals surface area (Å²) in [5, 5.41) is 3.59. The minimum absolute atomic E-state index is 0.475. The average molecular weight is 195 g/mol. The van der Waals surface area contributed by atoms with E-state index >= 15 is 0 Å². The molecular formula is C13H25N. The fourth-order valence-corrected chi connectivity index (χ4v) is 3.03. The Labute approximate surface area is 89.0 Å². The summed E-state index contributed by atoms with van der Waals surface area (Å²) in [6.07, 6.45) is 3.13. The molecule has 0 aromatic rings. The molecule has 0 bridgehead atoms. The lowest BCUT2D eigenvalue weighted by molar-refractivity contribution is 0.408. The van der Waals surface area contributed by atoms with E-state index in [0.717, 1.165) is 18.9 Å². The zero-order chi connectivity index (χ0) is 11.0. The van der Waals surface area contributed by atoms with Gasteiger partial charge in [0.15, 0.2) is 0 Å². The molecule has 0 amide bonds. The van der Waals surface area contributed by atoms with Crippen molar-refractivity contribution in [1.29, 1.82) is 0 Å². The summed E-state index contributed by atoms with van der Waals surface area (Å²) in [6.45, 7) is 16.6. The summed E-state index contributed by atoms with van der Waals surface area (Å²) in [5.74, 6) is 0.785. The average Bonchev–Trinajstić information content (AvgIpc) is 2.43. The lowest BCUT2D eigenvalue weighted by atomic mass is 10.0. The zero-order valence-corrected chi connectivity index (χ0v) is 10.4. The first-order chi connectivity index (χ1) is 6.39. The molecule has 14 heavy (non-hydrogen) atoms.